The number of hydrogen-bond donors (Lipinski definition) is 0. The molecule has 0 amide bonds. The molecular formula is C74H51NO2. The lowest BCUT2D eigenvalue weighted by Gasteiger charge is -2.30. The van der Waals surface area contributed by atoms with E-state index in [0.717, 1.165) is 133 Å². The predicted octanol–water partition coefficient (Wildman–Crippen LogP) is 21.3. The zero-order valence-electron chi connectivity index (χ0n) is 42.7. The van der Waals surface area contributed by atoms with Crippen LogP contribution in [0.15, 0.2) is 273 Å². The van der Waals surface area contributed by atoms with Crippen molar-refractivity contribution < 1.29 is 9.47 Å². The van der Waals surface area contributed by atoms with Gasteiger partial charge in [-0.1, -0.05) is 217 Å². The van der Waals surface area contributed by atoms with Gasteiger partial charge in [-0.05, 0) is 146 Å². The summed E-state index contributed by atoms with van der Waals surface area (Å²) in [6, 6.07) is 98.3. The van der Waals surface area contributed by atoms with E-state index in [1.54, 1.807) is 0 Å². The molecule has 0 radical (unpaired) electrons. The Bertz CT molecular complexity index is 4170. The molecule has 0 atom stereocenters. The lowest BCUT2D eigenvalue weighted by molar-refractivity contribution is 0.493. The number of nitrogens with zero attached hydrogens (tertiary/aromatic N) is 1. The maximum absolute atomic E-state index is 6.92. The second-order valence-electron chi connectivity index (χ2n) is 20.0. The molecule has 0 saturated heterocycles. The molecular weight excluding hydrogens is 935 g/mol. The summed E-state index contributed by atoms with van der Waals surface area (Å²) in [5, 5.41) is 13.3. The van der Waals surface area contributed by atoms with Crippen LogP contribution in [0.4, 0.5) is 17.1 Å². The minimum Gasteiger partial charge on any atom is -0.456 e. The molecule has 0 unspecified atom stereocenters. The van der Waals surface area contributed by atoms with Gasteiger partial charge in [-0.25, -0.2) is 0 Å². The Labute approximate surface area is 448 Å². The number of aryl methyl sites for hydroxylation is 2. The van der Waals surface area contributed by atoms with Crippen molar-refractivity contribution in [2.75, 3.05) is 4.90 Å². The van der Waals surface area contributed by atoms with E-state index in [1.807, 2.05) is 60.7 Å². The quantitative estimate of drug-likeness (QED) is 0.127. The summed E-state index contributed by atoms with van der Waals surface area (Å²) < 4.78 is 13.8. The number of para-hydroxylation sites is 2. The van der Waals surface area contributed by atoms with E-state index < -0.39 is 0 Å². The Morgan fingerprint density at radius 3 is 0.792 bits per heavy atom. The third-order valence-corrected chi connectivity index (χ3v) is 15.2. The lowest BCUT2D eigenvalue weighted by atomic mass is 9.83. The molecule has 77 heavy (non-hydrogen) atoms. The monoisotopic (exact) mass is 985 g/mol. The first-order valence-electron chi connectivity index (χ1n) is 26.4. The summed E-state index contributed by atoms with van der Waals surface area (Å²) in [6.45, 7) is 4.30. The van der Waals surface area contributed by atoms with Crippen LogP contribution in [0.5, 0.6) is 23.0 Å². The Balaban J connectivity index is 1.11. The summed E-state index contributed by atoms with van der Waals surface area (Å²) >= 11 is 0. The molecule has 14 aromatic rings. The standard InChI is InChI=1S/C74H51NO2/c1-48-37-41-53(42-38-48)75(54-43-39-49(2)40-44-54)72-63-31-15-9-25-57(63)69(58-26-10-16-32-64(58)72)50-45-51(70-59-27-11-17-33-65(59)73(66-34-18-12-28-60(66)70)76-55-21-5-3-6-22-55)47-52(46-50)71-61-29-13-19-35-67(61)74(68-36-20-14-30-62(68)71)77-56-23-7-4-8-24-56/h3-47H,1-2H3. The molecule has 3 heteroatoms. The van der Waals surface area contributed by atoms with Gasteiger partial charge in [0, 0.05) is 43.7 Å². The normalized spacial score (nSPS) is 11.5. The molecule has 0 aliphatic carbocycles. The summed E-state index contributed by atoms with van der Waals surface area (Å²) in [4.78, 5) is 2.45. The lowest BCUT2D eigenvalue weighted by Crippen LogP contribution is -2.11. The van der Waals surface area contributed by atoms with Gasteiger partial charge in [-0.15, -0.1) is 0 Å². The highest BCUT2D eigenvalue weighted by Crippen LogP contribution is 2.53. The topological polar surface area (TPSA) is 21.7 Å². The summed E-state index contributed by atoms with van der Waals surface area (Å²) in [6.07, 6.45) is 0. The molecule has 0 aliphatic rings. The minimum absolute atomic E-state index is 0.795. The average molecular weight is 986 g/mol. The SMILES string of the molecule is Cc1ccc(N(c2ccc(C)cc2)c2c3ccccc3c(-c3cc(-c4c5ccccc5c(Oc5ccccc5)c5ccccc45)cc(-c4c5ccccc5c(Oc5ccccc5)c5ccccc45)c3)c3ccccc23)cc1. The molecule has 364 valence electrons. The molecule has 3 nitrogen and oxygen atoms in total. The minimum atomic E-state index is 0.795. The van der Waals surface area contributed by atoms with Crippen molar-refractivity contribution in [1.82, 2.24) is 0 Å². The van der Waals surface area contributed by atoms with E-state index in [1.165, 1.54) is 16.7 Å². The van der Waals surface area contributed by atoms with Crippen molar-refractivity contribution in [2.45, 2.75) is 13.8 Å². The van der Waals surface area contributed by atoms with E-state index in [9.17, 15) is 0 Å². The third kappa shape index (κ3) is 8.00. The van der Waals surface area contributed by atoms with Crippen molar-refractivity contribution in [2.24, 2.45) is 0 Å². The fourth-order valence-electron chi connectivity index (χ4n) is 11.7. The number of fused-ring (bicyclic) bond motifs is 6. The van der Waals surface area contributed by atoms with Gasteiger partial charge in [0.15, 0.2) is 0 Å². The highest BCUT2D eigenvalue weighted by atomic mass is 16.5. The van der Waals surface area contributed by atoms with Crippen molar-refractivity contribution in [1.29, 1.82) is 0 Å². The van der Waals surface area contributed by atoms with E-state index in [4.69, 9.17) is 9.47 Å². The molecule has 14 aromatic carbocycles. The highest BCUT2D eigenvalue weighted by molar-refractivity contribution is 6.24. The second kappa shape index (κ2) is 19.1. The van der Waals surface area contributed by atoms with Crippen LogP contribution in [0, 0.1) is 13.8 Å². The Kier molecular flexibility index (Phi) is 11.3. The van der Waals surface area contributed by atoms with Gasteiger partial charge in [0.05, 0.1) is 5.69 Å². The molecule has 0 heterocycles. The van der Waals surface area contributed by atoms with Gasteiger partial charge in [-0.2, -0.15) is 0 Å². The number of rotatable bonds is 10. The van der Waals surface area contributed by atoms with E-state index in [2.05, 4.69) is 231 Å². The van der Waals surface area contributed by atoms with Crippen LogP contribution in [0.1, 0.15) is 11.1 Å². The third-order valence-electron chi connectivity index (χ3n) is 15.2. The fraction of sp³-hybridized carbons (Fsp3) is 0.0270. The summed E-state index contributed by atoms with van der Waals surface area (Å²) in [7, 11) is 0. The Morgan fingerprint density at radius 1 is 0.247 bits per heavy atom. The summed E-state index contributed by atoms with van der Waals surface area (Å²) in [5.74, 6) is 3.27. The van der Waals surface area contributed by atoms with Gasteiger partial charge in [0.25, 0.3) is 0 Å². The zero-order chi connectivity index (χ0) is 51.4. The largest absolute Gasteiger partial charge is 0.456 e. The van der Waals surface area contributed by atoms with Crippen LogP contribution in [0.25, 0.3) is 98.0 Å². The Hall–Kier alpha value is -9.96. The van der Waals surface area contributed by atoms with Crippen LogP contribution in [0.2, 0.25) is 0 Å². The molecule has 0 aromatic heterocycles. The number of anilines is 3. The van der Waals surface area contributed by atoms with Gasteiger partial charge >= 0.3 is 0 Å². The molecule has 0 spiro atoms. The van der Waals surface area contributed by atoms with Crippen molar-refractivity contribution in [3.8, 4) is 56.4 Å². The first-order chi connectivity index (χ1) is 38.0. The smallest absolute Gasteiger partial charge is 0.143 e. The van der Waals surface area contributed by atoms with E-state index in [0.29, 0.717) is 0 Å². The maximum Gasteiger partial charge on any atom is 0.143 e. The van der Waals surface area contributed by atoms with E-state index >= 15 is 0 Å². The van der Waals surface area contributed by atoms with Crippen LogP contribution in [-0.2, 0) is 0 Å². The maximum atomic E-state index is 6.92. The average Bonchev–Trinajstić information content (AvgIpc) is 3.60. The van der Waals surface area contributed by atoms with Crippen LogP contribution >= 0.6 is 0 Å². The first-order valence-corrected chi connectivity index (χ1v) is 26.4. The molecule has 0 aliphatic heterocycles. The number of ether oxygens (including phenoxy) is 2. The molecule has 0 saturated carbocycles. The molecule has 0 bridgehead atoms. The van der Waals surface area contributed by atoms with Gasteiger partial charge in [0.2, 0.25) is 0 Å². The van der Waals surface area contributed by atoms with Crippen molar-refractivity contribution in [3.63, 3.8) is 0 Å². The van der Waals surface area contributed by atoms with Gasteiger partial charge < -0.3 is 14.4 Å². The molecule has 0 N–H and O–H groups in total. The fourth-order valence-corrected chi connectivity index (χ4v) is 11.7. The van der Waals surface area contributed by atoms with E-state index in [-0.39, 0.29) is 0 Å². The van der Waals surface area contributed by atoms with Crippen LogP contribution < -0.4 is 14.4 Å². The predicted molar refractivity (Wildman–Crippen MR) is 325 cm³/mol. The highest BCUT2D eigenvalue weighted by Gasteiger charge is 2.26. The Morgan fingerprint density at radius 2 is 0.494 bits per heavy atom. The molecule has 14 rings (SSSR count). The van der Waals surface area contributed by atoms with Gasteiger partial charge in [0.1, 0.15) is 23.0 Å². The van der Waals surface area contributed by atoms with Gasteiger partial charge in [-0.3, -0.25) is 0 Å². The number of benzene rings is 14. The van der Waals surface area contributed by atoms with Crippen LogP contribution in [-0.4, -0.2) is 0 Å². The van der Waals surface area contributed by atoms with Crippen molar-refractivity contribution in [3.05, 3.63) is 284 Å². The first kappa shape index (κ1) is 45.6. The zero-order valence-corrected chi connectivity index (χ0v) is 42.7. The summed E-state index contributed by atoms with van der Waals surface area (Å²) in [5.41, 5.74) is 12.6. The van der Waals surface area contributed by atoms with Crippen molar-refractivity contribution >= 4 is 81.7 Å². The molecule has 0 fully saturated rings. The second-order valence-corrected chi connectivity index (χ2v) is 20.0. The van der Waals surface area contributed by atoms with Crippen LogP contribution in [0.3, 0.4) is 0 Å². The number of hydrogen-bond acceptors (Lipinski definition) is 3.